The Bertz CT molecular complexity index is 886. The van der Waals surface area contributed by atoms with Crippen molar-refractivity contribution in [3.8, 4) is 11.5 Å². The Morgan fingerprint density at radius 1 is 0.815 bits per heavy atom. The van der Waals surface area contributed by atoms with Crippen molar-refractivity contribution >= 4 is 11.6 Å². The zero-order valence-corrected chi connectivity index (χ0v) is 15.6. The molecule has 0 bridgehead atoms. The van der Waals surface area contributed by atoms with Crippen molar-refractivity contribution in [2.45, 2.75) is 20.5 Å². The van der Waals surface area contributed by atoms with Crippen LogP contribution in [0.3, 0.4) is 0 Å². The van der Waals surface area contributed by atoms with Crippen LogP contribution >= 0.6 is 0 Å². The van der Waals surface area contributed by atoms with Crippen LogP contribution in [-0.4, -0.2) is 12.5 Å². The van der Waals surface area contributed by atoms with E-state index in [9.17, 15) is 4.79 Å². The van der Waals surface area contributed by atoms with Crippen LogP contribution in [0.5, 0.6) is 11.5 Å². The van der Waals surface area contributed by atoms with Gasteiger partial charge in [0, 0.05) is 0 Å². The van der Waals surface area contributed by atoms with Crippen LogP contribution in [0.2, 0.25) is 0 Å². The monoisotopic (exact) mass is 361 g/mol. The van der Waals surface area contributed by atoms with E-state index in [2.05, 4.69) is 5.32 Å². The molecule has 3 rings (SSSR count). The summed E-state index contributed by atoms with van der Waals surface area (Å²) in [5.41, 5.74) is 3.71. The number of hydrogen-bond acceptors (Lipinski definition) is 3. The summed E-state index contributed by atoms with van der Waals surface area (Å²) in [5, 5.41) is 2.87. The smallest absolute Gasteiger partial charge is 0.262 e. The Balaban J connectivity index is 1.61. The molecule has 3 aromatic rings. The average Bonchev–Trinajstić information content (AvgIpc) is 2.68. The van der Waals surface area contributed by atoms with Crippen LogP contribution in [-0.2, 0) is 11.4 Å². The molecular weight excluding hydrogens is 338 g/mol. The fourth-order valence-electron chi connectivity index (χ4n) is 2.78. The highest BCUT2D eigenvalue weighted by atomic mass is 16.5. The molecule has 0 radical (unpaired) electrons. The third kappa shape index (κ3) is 5.11. The first-order valence-electron chi connectivity index (χ1n) is 8.88. The highest BCUT2D eigenvalue weighted by Crippen LogP contribution is 2.25. The molecule has 1 amide bonds. The van der Waals surface area contributed by atoms with E-state index in [0.29, 0.717) is 18.0 Å². The number of rotatable bonds is 7. The zero-order valence-electron chi connectivity index (χ0n) is 15.6. The normalized spacial score (nSPS) is 10.3. The number of amides is 1. The number of carbonyl (C=O) groups excluding carboxylic acids is 1. The summed E-state index contributed by atoms with van der Waals surface area (Å²) in [6.45, 7) is 4.31. The zero-order chi connectivity index (χ0) is 19.1. The highest BCUT2D eigenvalue weighted by Gasteiger charge is 2.10. The predicted molar refractivity (Wildman–Crippen MR) is 107 cm³/mol. The molecule has 4 nitrogen and oxygen atoms in total. The molecule has 0 saturated carbocycles. The van der Waals surface area contributed by atoms with Crippen LogP contribution in [0.15, 0.2) is 72.8 Å². The van der Waals surface area contributed by atoms with Gasteiger partial charge in [-0.15, -0.1) is 0 Å². The molecule has 0 saturated heterocycles. The van der Waals surface area contributed by atoms with E-state index in [1.807, 2.05) is 86.6 Å². The van der Waals surface area contributed by atoms with Gasteiger partial charge in [0.1, 0.15) is 18.1 Å². The van der Waals surface area contributed by atoms with E-state index in [0.717, 1.165) is 22.4 Å². The first kappa shape index (κ1) is 18.5. The Kier molecular flexibility index (Phi) is 6.10. The van der Waals surface area contributed by atoms with Crippen molar-refractivity contribution in [2.24, 2.45) is 0 Å². The van der Waals surface area contributed by atoms with Crippen LogP contribution in [0.4, 0.5) is 5.69 Å². The summed E-state index contributed by atoms with van der Waals surface area (Å²) >= 11 is 0. The van der Waals surface area contributed by atoms with Crippen molar-refractivity contribution in [1.82, 2.24) is 0 Å². The number of para-hydroxylation sites is 3. The van der Waals surface area contributed by atoms with Crippen molar-refractivity contribution in [3.63, 3.8) is 0 Å². The lowest BCUT2D eigenvalue weighted by Gasteiger charge is -2.14. The maximum atomic E-state index is 12.3. The van der Waals surface area contributed by atoms with Crippen LogP contribution < -0.4 is 14.8 Å². The van der Waals surface area contributed by atoms with Crippen LogP contribution in [0.25, 0.3) is 0 Å². The molecule has 0 aliphatic rings. The first-order valence-corrected chi connectivity index (χ1v) is 8.88. The van der Waals surface area contributed by atoms with Gasteiger partial charge in [0.15, 0.2) is 6.61 Å². The van der Waals surface area contributed by atoms with Crippen molar-refractivity contribution in [3.05, 3.63) is 89.5 Å². The first-order chi connectivity index (χ1) is 13.1. The summed E-state index contributed by atoms with van der Waals surface area (Å²) < 4.78 is 11.6. The van der Waals surface area contributed by atoms with Gasteiger partial charge in [-0.2, -0.15) is 0 Å². The van der Waals surface area contributed by atoms with Crippen molar-refractivity contribution in [1.29, 1.82) is 0 Å². The summed E-state index contributed by atoms with van der Waals surface area (Å²) in [7, 11) is 0. The molecular formula is C23H23NO3. The third-order valence-electron chi connectivity index (χ3n) is 4.15. The minimum absolute atomic E-state index is 0.0568. The molecule has 4 heteroatoms. The van der Waals surface area contributed by atoms with E-state index in [1.54, 1.807) is 0 Å². The molecule has 0 fully saturated rings. The molecule has 0 atom stereocenters. The largest absolute Gasteiger partial charge is 0.487 e. The van der Waals surface area contributed by atoms with Crippen LogP contribution in [0, 0.1) is 13.8 Å². The van der Waals surface area contributed by atoms with Gasteiger partial charge in [-0.25, -0.2) is 0 Å². The molecule has 0 heterocycles. The minimum atomic E-state index is -0.228. The van der Waals surface area contributed by atoms with E-state index in [-0.39, 0.29) is 12.5 Å². The Labute approximate surface area is 159 Å². The summed E-state index contributed by atoms with van der Waals surface area (Å²) in [4.78, 5) is 12.3. The van der Waals surface area contributed by atoms with Gasteiger partial charge < -0.3 is 14.8 Å². The average molecular weight is 361 g/mol. The number of aryl methyl sites for hydroxylation is 2. The summed E-state index contributed by atoms with van der Waals surface area (Å²) in [6.07, 6.45) is 0. The topological polar surface area (TPSA) is 47.6 Å². The standard InChI is InChI=1S/C23H23NO3/c1-17-9-8-10-18(2)23(17)27-16-22(25)24-20-13-6-7-14-21(20)26-15-19-11-4-3-5-12-19/h3-14H,15-16H2,1-2H3,(H,24,25). The Morgan fingerprint density at radius 3 is 2.22 bits per heavy atom. The molecule has 1 N–H and O–H groups in total. The lowest BCUT2D eigenvalue weighted by Crippen LogP contribution is -2.21. The lowest BCUT2D eigenvalue weighted by atomic mass is 10.1. The number of anilines is 1. The number of hydrogen-bond donors (Lipinski definition) is 1. The minimum Gasteiger partial charge on any atom is -0.487 e. The van der Waals surface area contributed by atoms with Gasteiger partial charge in [-0.05, 0) is 42.7 Å². The van der Waals surface area contributed by atoms with E-state index in [4.69, 9.17) is 9.47 Å². The van der Waals surface area contributed by atoms with Gasteiger partial charge in [0.05, 0.1) is 5.69 Å². The second-order valence-electron chi connectivity index (χ2n) is 6.33. The molecule has 0 aliphatic heterocycles. The number of carbonyl (C=O) groups is 1. The van der Waals surface area contributed by atoms with Crippen LogP contribution in [0.1, 0.15) is 16.7 Å². The third-order valence-corrected chi connectivity index (χ3v) is 4.15. The molecule has 0 aromatic heterocycles. The maximum Gasteiger partial charge on any atom is 0.262 e. The number of ether oxygens (including phenoxy) is 2. The predicted octanol–water partition coefficient (Wildman–Crippen LogP) is 4.90. The van der Waals surface area contributed by atoms with Crippen molar-refractivity contribution in [2.75, 3.05) is 11.9 Å². The van der Waals surface area contributed by atoms with Gasteiger partial charge >= 0.3 is 0 Å². The molecule has 0 spiro atoms. The molecule has 0 aliphatic carbocycles. The molecule has 138 valence electrons. The summed E-state index contributed by atoms with van der Waals surface area (Å²) in [6, 6.07) is 23.2. The van der Waals surface area contributed by atoms with Gasteiger partial charge in [-0.3, -0.25) is 4.79 Å². The fraction of sp³-hybridized carbons (Fsp3) is 0.174. The number of nitrogens with one attached hydrogen (secondary N) is 1. The maximum absolute atomic E-state index is 12.3. The quantitative estimate of drug-likeness (QED) is 0.651. The van der Waals surface area contributed by atoms with E-state index >= 15 is 0 Å². The molecule has 27 heavy (non-hydrogen) atoms. The van der Waals surface area contributed by atoms with Crippen molar-refractivity contribution < 1.29 is 14.3 Å². The van der Waals surface area contributed by atoms with Gasteiger partial charge in [0.2, 0.25) is 0 Å². The highest BCUT2D eigenvalue weighted by molar-refractivity contribution is 5.93. The Morgan fingerprint density at radius 2 is 1.48 bits per heavy atom. The van der Waals surface area contributed by atoms with Gasteiger partial charge in [0.25, 0.3) is 5.91 Å². The lowest BCUT2D eigenvalue weighted by molar-refractivity contribution is -0.118. The second kappa shape index (κ2) is 8.90. The SMILES string of the molecule is Cc1cccc(C)c1OCC(=O)Nc1ccccc1OCc1ccccc1. The summed E-state index contributed by atoms with van der Waals surface area (Å²) in [5.74, 6) is 1.15. The number of benzene rings is 3. The fourth-order valence-corrected chi connectivity index (χ4v) is 2.78. The van der Waals surface area contributed by atoms with Gasteiger partial charge in [-0.1, -0.05) is 60.7 Å². The second-order valence-corrected chi connectivity index (χ2v) is 6.33. The van der Waals surface area contributed by atoms with E-state index in [1.165, 1.54) is 0 Å². The Hall–Kier alpha value is -3.27. The van der Waals surface area contributed by atoms with E-state index < -0.39 is 0 Å². The molecule has 3 aromatic carbocycles. The molecule has 0 unspecified atom stereocenters.